The predicted molar refractivity (Wildman–Crippen MR) is 101 cm³/mol. The molecule has 0 fully saturated rings. The van der Waals surface area contributed by atoms with Crippen molar-refractivity contribution >= 4 is 23.4 Å². The molecule has 1 amide bonds. The molecule has 0 saturated heterocycles. The van der Waals surface area contributed by atoms with Crippen LogP contribution in [0.5, 0.6) is 0 Å². The molecular formula is C19H18F2N6O. The van der Waals surface area contributed by atoms with Crippen molar-refractivity contribution in [1.82, 2.24) is 20.3 Å². The Kier molecular flexibility index (Phi) is 6.40. The molecule has 3 N–H and O–H groups in total. The lowest BCUT2D eigenvalue weighted by Gasteiger charge is -2.09. The highest BCUT2D eigenvalue weighted by Gasteiger charge is 2.09. The van der Waals surface area contributed by atoms with Gasteiger partial charge in [-0.15, -0.1) is 0 Å². The van der Waals surface area contributed by atoms with Gasteiger partial charge in [0.05, 0.1) is 6.42 Å². The van der Waals surface area contributed by atoms with Crippen LogP contribution in [-0.2, 0) is 11.2 Å². The average molecular weight is 384 g/mol. The van der Waals surface area contributed by atoms with Gasteiger partial charge in [-0.05, 0) is 23.8 Å². The highest BCUT2D eigenvalue weighted by atomic mass is 19.1. The van der Waals surface area contributed by atoms with Crippen LogP contribution in [0.2, 0.25) is 0 Å². The first-order valence-electron chi connectivity index (χ1n) is 8.55. The molecule has 0 aliphatic carbocycles. The van der Waals surface area contributed by atoms with Crippen LogP contribution < -0.4 is 16.0 Å². The zero-order valence-electron chi connectivity index (χ0n) is 14.8. The van der Waals surface area contributed by atoms with E-state index in [9.17, 15) is 13.6 Å². The topological polar surface area (TPSA) is 91.8 Å². The molecule has 3 aromatic rings. The van der Waals surface area contributed by atoms with Crippen LogP contribution >= 0.6 is 0 Å². The molecule has 0 bridgehead atoms. The second kappa shape index (κ2) is 9.36. The van der Waals surface area contributed by atoms with Crippen molar-refractivity contribution in [2.75, 3.05) is 23.7 Å². The van der Waals surface area contributed by atoms with Gasteiger partial charge in [-0.2, -0.15) is 0 Å². The van der Waals surface area contributed by atoms with Gasteiger partial charge in [-0.1, -0.05) is 12.1 Å². The number of anilines is 3. The Hall–Kier alpha value is -3.62. The van der Waals surface area contributed by atoms with Crippen LogP contribution in [0.3, 0.4) is 0 Å². The number of nitrogens with zero attached hydrogens (tertiary/aromatic N) is 3. The van der Waals surface area contributed by atoms with Crippen LogP contribution in [0.4, 0.5) is 26.2 Å². The standard InChI is InChI=1S/C19H18F2N6O/c20-14-5-4-13(15(21)10-14)9-19(28)24-8-7-23-17-11-18(26-12-25-17)27-16-3-1-2-6-22-16/h1-6,10-12H,7-9H2,(H,24,28)(H2,22,23,25,26,27). The van der Waals surface area contributed by atoms with Crippen LogP contribution in [-0.4, -0.2) is 33.9 Å². The lowest BCUT2D eigenvalue weighted by molar-refractivity contribution is -0.120. The van der Waals surface area contributed by atoms with Crippen molar-refractivity contribution in [3.05, 3.63) is 72.2 Å². The smallest absolute Gasteiger partial charge is 0.224 e. The predicted octanol–water partition coefficient (Wildman–Crippen LogP) is 2.66. The molecular weight excluding hydrogens is 366 g/mol. The van der Waals surface area contributed by atoms with E-state index < -0.39 is 11.6 Å². The monoisotopic (exact) mass is 384 g/mol. The number of halogens is 2. The van der Waals surface area contributed by atoms with E-state index in [1.807, 2.05) is 18.2 Å². The number of nitrogens with one attached hydrogen (secondary N) is 3. The van der Waals surface area contributed by atoms with E-state index in [2.05, 4.69) is 30.9 Å². The first-order valence-corrected chi connectivity index (χ1v) is 8.55. The van der Waals surface area contributed by atoms with Gasteiger partial charge in [0.15, 0.2) is 0 Å². The number of carbonyl (C=O) groups excluding carboxylic acids is 1. The maximum atomic E-state index is 13.6. The molecule has 0 radical (unpaired) electrons. The molecule has 0 spiro atoms. The van der Waals surface area contributed by atoms with Crippen LogP contribution in [0.25, 0.3) is 0 Å². The molecule has 0 unspecified atom stereocenters. The Morgan fingerprint density at radius 2 is 1.79 bits per heavy atom. The summed E-state index contributed by atoms with van der Waals surface area (Å²) in [5.41, 5.74) is 0.146. The number of benzene rings is 1. The zero-order chi connectivity index (χ0) is 19.8. The minimum Gasteiger partial charge on any atom is -0.368 e. The molecule has 0 saturated carbocycles. The summed E-state index contributed by atoms with van der Waals surface area (Å²) >= 11 is 0. The van der Waals surface area contributed by atoms with E-state index in [-0.39, 0.29) is 17.9 Å². The van der Waals surface area contributed by atoms with Gasteiger partial charge < -0.3 is 16.0 Å². The normalized spacial score (nSPS) is 10.4. The quantitative estimate of drug-likeness (QED) is 0.517. The maximum Gasteiger partial charge on any atom is 0.224 e. The number of hydrogen-bond acceptors (Lipinski definition) is 6. The van der Waals surface area contributed by atoms with E-state index in [1.165, 1.54) is 12.4 Å². The van der Waals surface area contributed by atoms with E-state index in [1.54, 1.807) is 12.3 Å². The van der Waals surface area contributed by atoms with E-state index in [4.69, 9.17) is 0 Å². The number of amides is 1. The van der Waals surface area contributed by atoms with Gasteiger partial charge in [0.1, 0.15) is 35.4 Å². The molecule has 1 aromatic carbocycles. The molecule has 3 rings (SSSR count). The summed E-state index contributed by atoms with van der Waals surface area (Å²) in [5, 5.41) is 8.78. The molecule has 2 heterocycles. The summed E-state index contributed by atoms with van der Waals surface area (Å²) in [6, 6.07) is 10.3. The maximum absolute atomic E-state index is 13.6. The van der Waals surface area contributed by atoms with Crippen LogP contribution in [0.1, 0.15) is 5.56 Å². The molecule has 0 aliphatic rings. The molecule has 2 aromatic heterocycles. The van der Waals surface area contributed by atoms with Crippen molar-refractivity contribution in [3.8, 4) is 0 Å². The van der Waals surface area contributed by atoms with Crippen molar-refractivity contribution < 1.29 is 13.6 Å². The Labute approximate surface area is 160 Å². The third kappa shape index (κ3) is 5.70. The highest BCUT2D eigenvalue weighted by molar-refractivity contribution is 5.78. The number of aromatic nitrogens is 3. The summed E-state index contributed by atoms with van der Waals surface area (Å²) in [7, 11) is 0. The van der Waals surface area contributed by atoms with Gasteiger partial charge in [0, 0.05) is 31.4 Å². The SMILES string of the molecule is O=C(Cc1ccc(F)cc1F)NCCNc1cc(Nc2ccccn2)ncn1. The van der Waals surface area contributed by atoms with E-state index >= 15 is 0 Å². The molecule has 7 nitrogen and oxygen atoms in total. The first kappa shape index (κ1) is 19.2. The summed E-state index contributed by atoms with van der Waals surface area (Å²) in [6.45, 7) is 0.729. The lowest BCUT2D eigenvalue weighted by atomic mass is 10.1. The van der Waals surface area contributed by atoms with Crippen molar-refractivity contribution in [2.24, 2.45) is 0 Å². The summed E-state index contributed by atoms with van der Waals surface area (Å²) in [5.74, 6) is 0.0500. The van der Waals surface area contributed by atoms with Crippen molar-refractivity contribution in [1.29, 1.82) is 0 Å². The van der Waals surface area contributed by atoms with Crippen LogP contribution in [0, 0.1) is 11.6 Å². The fourth-order valence-electron chi connectivity index (χ4n) is 2.38. The minimum absolute atomic E-state index is 0.146. The highest BCUT2D eigenvalue weighted by Crippen LogP contribution is 2.13. The third-order valence-corrected chi connectivity index (χ3v) is 3.71. The third-order valence-electron chi connectivity index (χ3n) is 3.71. The largest absolute Gasteiger partial charge is 0.368 e. The Morgan fingerprint density at radius 3 is 2.57 bits per heavy atom. The molecule has 0 aliphatic heterocycles. The number of carbonyl (C=O) groups is 1. The molecule has 28 heavy (non-hydrogen) atoms. The summed E-state index contributed by atoms with van der Waals surface area (Å²) in [6.07, 6.45) is 2.92. The fraction of sp³-hybridized carbons (Fsp3) is 0.158. The van der Waals surface area contributed by atoms with Gasteiger partial charge in [-0.3, -0.25) is 4.79 Å². The molecule has 9 heteroatoms. The lowest BCUT2D eigenvalue weighted by Crippen LogP contribution is -2.30. The Balaban J connectivity index is 1.43. The Bertz CT molecular complexity index is 939. The van der Waals surface area contributed by atoms with Crippen molar-refractivity contribution in [3.63, 3.8) is 0 Å². The van der Waals surface area contributed by atoms with Gasteiger partial charge in [-0.25, -0.2) is 23.7 Å². The minimum atomic E-state index is -0.734. The van der Waals surface area contributed by atoms with Gasteiger partial charge in [0.2, 0.25) is 5.91 Å². The van der Waals surface area contributed by atoms with Crippen LogP contribution in [0.15, 0.2) is 55.0 Å². The number of hydrogen-bond donors (Lipinski definition) is 3. The Morgan fingerprint density at radius 1 is 0.929 bits per heavy atom. The second-order valence-electron chi connectivity index (χ2n) is 5.82. The first-order chi connectivity index (χ1) is 13.6. The second-order valence-corrected chi connectivity index (χ2v) is 5.82. The summed E-state index contributed by atoms with van der Waals surface area (Å²) in [4.78, 5) is 24.3. The van der Waals surface area contributed by atoms with Crippen molar-refractivity contribution in [2.45, 2.75) is 6.42 Å². The molecule has 0 atom stereocenters. The van der Waals surface area contributed by atoms with Gasteiger partial charge in [0.25, 0.3) is 0 Å². The van der Waals surface area contributed by atoms with Gasteiger partial charge >= 0.3 is 0 Å². The zero-order valence-corrected chi connectivity index (χ0v) is 14.8. The number of rotatable bonds is 8. The summed E-state index contributed by atoms with van der Waals surface area (Å²) < 4.78 is 26.4. The fourth-order valence-corrected chi connectivity index (χ4v) is 2.38. The van der Waals surface area contributed by atoms with E-state index in [0.29, 0.717) is 30.5 Å². The molecule has 144 valence electrons. The van der Waals surface area contributed by atoms with E-state index in [0.717, 1.165) is 12.1 Å². The number of pyridine rings is 1. The average Bonchev–Trinajstić information content (AvgIpc) is 2.69.